The second-order valence-electron chi connectivity index (χ2n) is 7.81. The van der Waals surface area contributed by atoms with Gasteiger partial charge in [0.1, 0.15) is 11.3 Å². The van der Waals surface area contributed by atoms with E-state index in [-0.39, 0.29) is 24.0 Å². The minimum Gasteiger partial charge on any atom is -0.482 e. The Hall–Kier alpha value is -2.54. The molecule has 2 amide bonds. The molecule has 2 aliphatic rings. The van der Waals surface area contributed by atoms with Crippen LogP contribution in [-0.2, 0) is 22.4 Å². The lowest BCUT2D eigenvalue weighted by atomic mass is 9.91. The number of amides is 2. The van der Waals surface area contributed by atoms with Crippen LogP contribution >= 0.6 is 11.6 Å². The number of carbonyl (C=O) groups is 2. The molecule has 2 heterocycles. The number of carbonyl (C=O) groups excluding carboxylic acids is 2. The summed E-state index contributed by atoms with van der Waals surface area (Å²) in [6.07, 6.45) is 5.82. The van der Waals surface area contributed by atoms with Gasteiger partial charge >= 0.3 is 5.63 Å². The molecule has 4 rings (SSSR count). The quantitative estimate of drug-likeness (QED) is 0.536. The first-order valence-electron chi connectivity index (χ1n) is 10.5. The molecule has 0 bridgehead atoms. The van der Waals surface area contributed by atoms with E-state index in [2.05, 4.69) is 5.32 Å². The Labute approximate surface area is 179 Å². The number of hydrogen-bond donors (Lipinski definition) is 1. The molecule has 1 N–H and O–H groups in total. The van der Waals surface area contributed by atoms with E-state index in [1.54, 1.807) is 12.1 Å². The molecule has 160 valence electrons. The second kappa shape index (κ2) is 9.08. The van der Waals surface area contributed by atoms with Crippen molar-refractivity contribution in [2.24, 2.45) is 0 Å². The molecule has 1 aromatic heterocycles. The Morgan fingerprint density at radius 2 is 1.93 bits per heavy atom. The molecule has 2 aromatic rings. The summed E-state index contributed by atoms with van der Waals surface area (Å²) in [4.78, 5) is 37.7. The molecule has 1 fully saturated rings. The summed E-state index contributed by atoms with van der Waals surface area (Å²) in [5, 5.41) is 3.99. The number of rotatable bonds is 7. The average molecular weight is 433 g/mol. The molecule has 0 spiro atoms. The maximum Gasteiger partial charge on any atom is 0.339 e. The number of aryl methyl sites for hydroxylation is 1. The maximum atomic E-state index is 12.3. The fourth-order valence-corrected chi connectivity index (χ4v) is 4.41. The molecule has 1 aliphatic carbocycles. The highest BCUT2D eigenvalue weighted by molar-refractivity contribution is 6.32. The van der Waals surface area contributed by atoms with E-state index >= 15 is 0 Å². The number of hydrogen-bond acceptors (Lipinski definition) is 5. The Balaban J connectivity index is 1.34. The molecule has 1 aliphatic heterocycles. The second-order valence-corrected chi connectivity index (χ2v) is 8.22. The van der Waals surface area contributed by atoms with Gasteiger partial charge in [-0.2, -0.15) is 0 Å². The van der Waals surface area contributed by atoms with E-state index in [1.807, 2.05) is 4.90 Å². The summed E-state index contributed by atoms with van der Waals surface area (Å²) in [7, 11) is 0. The predicted octanol–water partition coefficient (Wildman–Crippen LogP) is 2.83. The minimum absolute atomic E-state index is 0.184. The molecule has 30 heavy (non-hydrogen) atoms. The van der Waals surface area contributed by atoms with Gasteiger partial charge in [-0.1, -0.05) is 11.6 Å². The third-order valence-electron chi connectivity index (χ3n) is 5.73. The SMILES string of the molecule is O=C(COc1cc2oc(=O)c3c(c2cc1Cl)CCCC3)NCCCN1CCCC1=O. The van der Waals surface area contributed by atoms with Crippen LogP contribution in [0.15, 0.2) is 21.3 Å². The van der Waals surface area contributed by atoms with Gasteiger partial charge in [-0.15, -0.1) is 0 Å². The van der Waals surface area contributed by atoms with Crippen molar-refractivity contribution in [2.75, 3.05) is 26.2 Å². The lowest BCUT2D eigenvalue weighted by Crippen LogP contribution is -2.33. The monoisotopic (exact) mass is 432 g/mol. The van der Waals surface area contributed by atoms with Gasteiger partial charge in [0, 0.05) is 43.1 Å². The molecule has 1 saturated heterocycles. The summed E-state index contributed by atoms with van der Waals surface area (Å²) >= 11 is 6.37. The van der Waals surface area contributed by atoms with Gasteiger partial charge in [0.25, 0.3) is 5.91 Å². The van der Waals surface area contributed by atoms with Crippen LogP contribution < -0.4 is 15.7 Å². The zero-order valence-corrected chi connectivity index (χ0v) is 17.6. The van der Waals surface area contributed by atoms with Crippen molar-refractivity contribution in [1.82, 2.24) is 10.2 Å². The molecule has 1 aromatic carbocycles. The van der Waals surface area contributed by atoms with Crippen LogP contribution in [0.2, 0.25) is 5.02 Å². The molecular weight excluding hydrogens is 408 g/mol. The lowest BCUT2D eigenvalue weighted by Gasteiger charge is -2.17. The molecule has 0 unspecified atom stereocenters. The summed E-state index contributed by atoms with van der Waals surface area (Å²) in [6, 6.07) is 3.34. The zero-order chi connectivity index (χ0) is 21.1. The van der Waals surface area contributed by atoms with E-state index in [4.69, 9.17) is 20.8 Å². The maximum absolute atomic E-state index is 12.3. The Morgan fingerprint density at radius 3 is 2.70 bits per heavy atom. The van der Waals surface area contributed by atoms with Crippen molar-refractivity contribution in [3.63, 3.8) is 0 Å². The molecule has 0 atom stereocenters. The summed E-state index contributed by atoms with van der Waals surface area (Å²) < 4.78 is 11.0. The van der Waals surface area contributed by atoms with E-state index < -0.39 is 0 Å². The highest BCUT2D eigenvalue weighted by atomic mass is 35.5. The van der Waals surface area contributed by atoms with Crippen molar-refractivity contribution in [3.8, 4) is 5.75 Å². The van der Waals surface area contributed by atoms with Crippen molar-refractivity contribution in [2.45, 2.75) is 44.9 Å². The van der Waals surface area contributed by atoms with E-state index in [1.165, 1.54) is 0 Å². The van der Waals surface area contributed by atoms with Gasteiger partial charge in [-0.05, 0) is 50.2 Å². The molecule has 8 heteroatoms. The predicted molar refractivity (Wildman–Crippen MR) is 113 cm³/mol. The van der Waals surface area contributed by atoms with Crippen LogP contribution in [0.5, 0.6) is 5.75 Å². The van der Waals surface area contributed by atoms with Gasteiger partial charge in [-0.25, -0.2) is 4.79 Å². The summed E-state index contributed by atoms with van der Waals surface area (Å²) in [6.45, 7) is 1.73. The number of fused-ring (bicyclic) bond motifs is 3. The van der Waals surface area contributed by atoms with Crippen molar-refractivity contribution < 1.29 is 18.7 Å². The van der Waals surface area contributed by atoms with Gasteiger partial charge in [-0.3, -0.25) is 9.59 Å². The number of likely N-dealkylation sites (tertiary alicyclic amines) is 1. The fourth-order valence-electron chi connectivity index (χ4n) is 4.19. The standard InChI is InChI=1S/C22H25ClN2O5/c23-17-11-16-14-5-1-2-6-15(14)22(28)30-18(16)12-19(17)29-13-20(26)24-8-4-10-25-9-3-7-21(25)27/h11-12H,1-10,13H2,(H,24,26). The van der Waals surface area contributed by atoms with Crippen LogP contribution in [0.25, 0.3) is 11.0 Å². The first-order chi connectivity index (χ1) is 14.5. The highest BCUT2D eigenvalue weighted by Crippen LogP contribution is 2.34. The van der Waals surface area contributed by atoms with Crippen LogP contribution in [0.1, 0.15) is 43.2 Å². The van der Waals surface area contributed by atoms with Crippen LogP contribution in [-0.4, -0.2) is 43.0 Å². The normalized spacial score (nSPS) is 16.0. The number of ether oxygens (including phenoxy) is 1. The van der Waals surface area contributed by atoms with Crippen LogP contribution in [0, 0.1) is 0 Å². The van der Waals surface area contributed by atoms with E-state index in [0.29, 0.717) is 42.3 Å². The summed E-state index contributed by atoms with van der Waals surface area (Å²) in [5.74, 6) is 0.218. The highest BCUT2D eigenvalue weighted by Gasteiger charge is 2.20. The van der Waals surface area contributed by atoms with Crippen molar-refractivity contribution in [1.29, 1.82) is 0 Å². The molecule has 0 radical (unpaired) electrons. The number of nitrogens with zero attached hydrogens (tertiary/aromatic N) is 1. The Morgan fingerprint density at radius 1 is 1.13 bits per heavy atom. The number of halogens is 1. The Kier molecular flexibility index (Phi) is 6.27. The van der Waals surface area contributed by atoms with Gasteiger partial charge < -0.3 is 19.4 Å². The topological polar surface area (TPSA) is 88.8 Å². The Bertz CT molecular complexity index is 1030. The summed E-state index contributed by atoms with van der Waals surface area (Å²) in [5.41, 5.74) is 1.87. The van der Waals surface area contributed by atoms with Crippen LogP contribution in [0.4, 0.5) is 0 Å². The molecule has 0 saturated carbocycles. The van der Waals surface area contributed by atoms with Gasteiger partial charge in [0.05, 0.1) is 5.02 Å². The average Bonchev–Trinajstić information content (AvgIpc) is 3.15. The fraction of sp³-hybridized carbons (Fsp3) is 0.500. The van der Waals surface area contributed by atoms with Gasteiger partial charge in [0.2, 0.25) is 5.91 Å². The van der Waals surface area contributed by atoms with Crippen molar-refractivity contribution >= 4 is 34.4 Å². The zero-order valence-electron chi connectivity index (χ0n) is 16.8. The van der Waals surface area contributed by atoms with Crippen molar-refractivity contribution in [3.05, 3.63) is 38.7 Å². The van der Waals surface area contributed by atoms with E-state index in [9.17, 15) is 14.4 Å². The lowest BCUT2D eigenvalue weighted by molar-refractivity contribution is -0.127. The first-order valence-corrected chi connectivity index (χ1v) is 10.9. The number of benzene rings is 1. The third kappa shape index (κ3) is 4.46. The first kappa shape index (κ1) is 20.7. The third-order valence-corrected chi connectivity index (χ3v) is 6.03. The minimum atomic E-state index is -0.306. The van der Waals surface area contributed by atoms with Crippen LogP contribution in [0.3, 0.4) is 0 Å². The smallest absolute Gasteiger partial charge is 0.339 e. The molecular formula is C22H25ClN2O5. The van der Waals surface area contributed by atoms with Gasteiger partial charge in [0.15, 0.2) is 6.61 Å². The van der Waals surface area contributed by atoms with E-state index in [0.717, 1.165) is 55.2 Å². The number of nitrogens with one attached hydrogen (secondary N) is 1. The largest absolute Gasteiger partial charge is 0.482 e. The molecule has 7 nitrogen and oxygen atoms in total.